The summed E-state index contributed by atoms with van der Waals surface area (Å²) in [4.78, 5) is 11.4. The average molecular weight is 236 g/mol. The normalized spacial score (nSPS) is 18.5. The van der Waals surface area contributed by atoms with Gasteiger partial charge in [0.25, 0.3) is 0 Å². The third-order valence-corrected chi connectivity index (χ3v) is 3.31. The van der Waals surface area contributed by atoms with Crippen molar-refractivity contribution in [1.29, 1.82) is 0 Å². The lowest BCUT2D eigenvalue weighted by Crippen LogP contribution is -2.41. The lowest BCUT2D eigenvalue weighted by molar-refractivity contribution is -0.122. The first kappa shape index (κ1) is 12.0. The zero-order valence-corrected chi connectivity index (χ0v) is 9.87. The Balaban J connectivity index is 2.03. The molecule has 3 N–H and O–H groups in total. The van der Waals surface area contributed by atoms with Gasteiger partial charge < -0.3 is 11.1 Å². The number of rotatable bonds is 4. The number of halogens is 1. The predicted octanol–water partition coefficient (Wildman–Crippen LogP) is 1.32. The third kappa shape index (κ3) is 2.64. The van der Waals surface area contributed by atoms with Crippen molar-refractivity contribution in [3.63, 3.8) is 0 Å². The molecule has 1 aliphatic rings. The lowest BCUT2D eigenvalue weighted by atomic mass is 9.96. The molecule has 1 aromatic carbocycles. The van der Waals surface area contributed by atoms with E-state index in [2.05, 4.69) is 5.32 Å². The van der Waals surface area contributed by atoms with Gasteiger partial charge in [-0.1, -0.05) is 12.1 Å². The number of nitrogens with two attached hydrogens (primary N) is 1. The van der Waals surface area contributed by atoms with Crippen LogP contribution in [0.15, 0.2) is 24.3 Å². The molecule has 0 saturated heterocycles. The van der Waals surface area contributed by atoms with Gasteiger partial charge in [-0.25, -0.2) is 4.39 Å². The zero-order valence-electron chi connectivity index (χ0n) is 9.87. The Kier molecular flexibility index (Phi) is 3.15. The van der Waals surface area contributed by atoms with Crippen LogP contribution in [0.5, 0.6) is 0 Å². The first-order chi connectivity index (χ1) is 8.03. The fourth-order valence-corrected chi connectivity index (χ4v) is 1.95. The van der Waals surface area contributed by atoms with Gasteiger partial charge in [0.15, 0.2) is 0 Å². The highest BCUT2D eigenvalue weighted by Gasteiger charge is 2.44. The van der Waals surface area contributed by atoms with Crippen molar-refractivity contribution < 1.29 is 9.18 Å². The van der Waals surface area contributed by atoms with Gasteiger partial charge in [-0.05, 0) is 37.5 Å². The molecule has 2 rings (SSSR count). The van der Waals surface area contributed by atoms with Crippen molar-refractivity contribution in [3.8, 4) is 0 Å². The highest BCUT2D eigenvalue weighted by Crippen LogP contribution is 2.47. The summed E-state index contributed by atoms with van der Waals surface area (Å²) >= 11 is 0. The Hall–Kier alpha value is -1.42. The van der Waals surface area contributed by atoms with Gasteiger partial charge in [0.05, 0.1) is 6.04 Å². The molecular formula is C13H17FN2O. The number of carbonyl (C=O) groups is 1. The first-order valence-electron chi connectivity index (χ1n) is 5.83. The van der Waals surface area contributed by atoms with Crippen LogP contribution in [0, 0.1) is 5.82 Å². The second kappa shape index (κ2) is 4.45. The van der Waals surface area contributed by atoms with Gasteiger partial charge in [0.2, 0.25) is 5.91 Å². The van der Waals surface area contributed by atoms with Crippen molar-refractivity contribution in [1.82, 2.24) is 5.32 Å². The minimum Gasteiger partial charge on any atom is -0.354 e. The Labute approximate surface area is 100 Å². The van der Waals surface area contributed by atoms with Crippen molar-refractivity contribution in [2.45, 2.75) is 31.2 Å². The molecule has 1 saturated carbocycles. The molecule has 0 spiro atoms. The molecule has 0 aromatic heterocycles. The van der Waals surface area contributed by atoms with Gasteiger partial charge in [0.1, 0.15) is 5.82 Å². The Bertz CT molecular complexity index is 427. The van der Waals surface area contributed by atoms with E-state index in [1.807, 2.05) is 6.07 Å². The molecule has 1 aliphatic carbocycles. The maximum atomic E-state index is 13.1. The second-order valence-corrected chi connectivity index (χ2v) is 4.80. The van der Waals surface area contributed by atoms with E-state index in [9.17, 15) is 9.18 Å². The van der Waals surface area contributed by atoms with Gasteiger partial charge >= 0.3 is 0 Å². The van der Waals surface area contributed by atoms with E-state index in [1.54, 1.807) is 19.1 Å². The van der Waals surface area contributed by atoms with E-state index in [0.29, 0.717) is 6.54 Å². The monoisotopic (exact) mass is 236 g/mol. The lowest BCUT2D eigenvalue weighted by Gasteiger charge is -2.17. The molecule has 3 nitrogen and oxygen atoms in total. The number of benzene rings is 1. The quantitative estimate of drug-likeness (QED) is 0.828. The van der Waals surface area contributed by atoms with Crippen LogP contribution in [-0.2, 0) is 10.2 Å². The van der Waals surface area contributed by atoms with E-state index in [1.165, 1.54) is 6.07 Å². The van der Waals surface area contributed by atoms with E-state index in [4.69, 9.17) is 5.73 Å². The number of nitrogens with one attached hydrogen (secondary N) is 1. The number of carbonyl (C=O) groups excluding carboxylic acids is 1. The second-order valence-electron chi connectivity index (χ2n) is 4.80. The van der Waals surface area contributed by atoms with Crippen molar-refractivity contribution >= 4 is 5.91 Å². The van der Waals surface area contributed by atoms with Gasteiger partial charge in [-0.3, -0.25) is 4.79 Å². The Morgan fingerprint density at radius 2 is 2.29 bits per heavy atom. The molecular weight excluding hydrogens is 219 g/mol. The molecule has 4 heteroatoms. The maximum absolute atomic E-state index is 13.1. The molecule has 92 valence electrons. The van der Waals surface area contributed by atoms with Crippen LogP contribution < -0.4 is 11.1 Å². The standard InChI is InChI=1S/C13H17FN2O/c1-9(15)12(17)16-8-13(5-6-13)10-3-2-4-11(14)7-10/h2-4,7,9H,5-6,8,15H2,1H3,(H,16,17). The summed E-state index contributed by atoms with van der Waals surface area (Å²) in [6, 6.07) is 6.09. The Morgan fingerprint density at radius 1 is 1.59 bits per heavy atom. The molecule has 1 fully saturated rings. The fraction of sp³-hybridized carbons (Fsp3) is 0.462. The molecule has 1 atom stereocenters. The largest absolute Gasteiger partial charge is 0.354 e. The summed E-state index contributed by atoms with van der Waals surface area (Å²) in [7, 11) is 0. The average Bonchev–Trinajstić information content (AvgIpc) is 3.07. The highest BCUT2D eigenvalue weighted by atomic mass is 19.1. The molecule has 1 unspecified atom stereocenters. The molecule has 0 radical (unpaired) electrons. The molecule has 1 aromatic rings. The van der Waals surface area contributed by atoms with Crippen molar-refractivity contribution in [2.24, 2.45) is 5.73 Å². The maximum Gasteiger partial charge on any atom is 0.236 e. The molecule has 0 bridgehead atoms. The van der Waals surface area contributed by atoms with Crippen LogP contribution in [0.2, 0.25) is 0 Å². The summed E-state index contributed by atoms with van der Waals surface area (Å²) in [5.41, 5.74) is 6.36. The molecule has 17 heavy (non-hydrogen) atoms. The first-order valence-corrected chi connectivity index (χ1v) is 5.83. The van der Waals surface area contributed by atoms with Gasteiger partial charge in [-0.15, -0.1) is 0 Å². The van der Waals surface area contributed by atoms with E-state index < -0.39 is 6.04 Å². The van der Waals surface area contributed by atoms with Crippen LogP contribution in [0.3, 0.4) is 0 Å². The van der Waals surface area contributed by atoms with E-state index in [0.717, 1.165) is 18.4 Å². The molecule has 0 aliphatic heterocycles. The highest BCUT2D eigenvalue weighted by molar-refractivity contribution is 5.81. The minimum atomic E-state index is -0.502. The van der Waals surface area contributed by atoms with Gasteiger partial charge in [0, 0.05) is 12.0 Å². The molecule has 0 heterocycles. The SMILES string of the molecule is CC(N)C(=O)NCC1(c2cccc(F)c2)CC1. The van der Waals surface area contributed by atoms with Gasteiger partial charge in [-0.2, -0.15) is 0 Å². The van der Waals surface area contributed by atoms with Crippen LogP contribution >= 0.6 is 0 Å². The van der Waals surface area contributed by atoms with Crippen LogP contribution in [0.4, 0.5) is 4.39 Å². The fourth-order valence-electron chi connectivity index (χ4n) is 1.95. The summed E-state index contributed by atoms with van der Waals surface area (Å²) < 4.78 is 13.1. The van der Waals surface area contributed by atoms with Crippen molar-refractivity contribution in [3.05, 3.63) is 35.6 Å². The zero-order chi connectivity index (χ0) is 12.5. The predicted molar refractivity (Wildman–Crippen MR) is 64.0 cm³/mol. The van der Waals surface area contributed by atoms with Crippen LogP contribution in [0.25, 0.3) is 0 Å². The number of hydrogen-bond acceptors (Lipinski definition) is 2. The summed E-state index contributed by atoms with van der Waals surface area (Å²) in [5.74, 6) is -0.389. The molecule has 1 amide bonds. The summed E-state index contributed by atoms with van der Waals surface area (Å²) in [6.07, 6.45) is 1.96. The van der Waals surface area contributed by atoms with E-state index in [-0.39, 0.29) is 17.1 Å². The number of amides is 1. The summed E-state index contributed by atoms with van der Waals surface area (Å²) in [5, 5.41) is 2.82. The minimum absolute atomic E-state index is 0.0767. The van der Waals surface area contributed by atoms with Crippen LogP contribution in [0.1, 0.15) is 25.3 Å². The van der Waals surface area contributed by atoms with Crippen LogP contribution in [-0.4, -0.2) is 18.5 Å². The number of hydrogen-bond donors (Lipinski definition) is 2. The smallest absolute Gasteiger partial charge is 0.236 e. The third-order valence-electron chi connectivity index (χ3n) is 3.31. The van der Waals surface area contributed by atoms with E-state index >= 15 is 0 Å². The van der Waals surface area contributed by atoms with Crippen molar-refractivity contribution in [2.75, 3.05) is 6.54 Å². The Morgan fingerprint density at radius 3 is 2.82 bits per heavy atom. The summed E-state index contributed by atoms with van der Waals surface area (Å²) in [6.45, 7) is 2.19. The topological polar surface area (TPSA) is 55.1 Å².